The van der Waals surface area contributed by atoms with E-state index in [-0.39, 0.29) is 105 Å². The number of Topliss-reactive ketones (excluding diaryl/α,β-unsaturated/α-hetero) is 2. The standard InChI is InChI=1S/C52H77F2N11O12S/c1-10-42(68)56-25-21-40(66)50(6,11-2)60-30-41(67)51(7,12-3)62-39(46(72)61-34(4)5)31-77-48(73)59-26-22-43(69)57-27-28-58-45(71)33-76-32-44(70)55-24-16-23-52(35-17-14-13-15-18-35)65(49(74)64(8)75-9)63-47(78-52)37-29-36(53)19-20-38(37)54/h13-15,17-20,29,34,39,60,62H,10-12,16,21-28,30-33H2,1-9H3,(H,55,70)(H,56,68)(H,57,69)(H,58,71)(H,59,73)(H,61,72)/t39?,50?,51?,52-/m0/s1. The lowest BCUT2D eigenvalue weighted by Gasteiger charge is -2.37. The minimum absolute atomic E-state index is 0.0197. The van der Waals surface area contributed by atoms with Gasteiger partial charge in [0.1, 0.15) is 47.4 Å². The number of urea groups is 1. The van der Waals surface area contributed by atoms with E-state index in [0.29, 0.717) is 18.4 Å². The Kier molecular flexibility index (Phi) is 27.2. The van der Waals surface area contributed by atoms with E-state index in [1.807, 2.05) is 0 Å². The Morgan fingerprint density at radius 3 is 2.00 bits per heavy atom. The number of nitrogens with one attached hydrogen (secondary N) is 8. The number of nitrogens with zero attached hydrogens (tertiary/aromatic N) is 3. The minimum Gasteiger partial charge on any atom is -0.447 e. The van der Waals surface area contributed by atoms with Crippen molar-refractivity contribution >= 4 is 70.0 Å². The van der Waals surface area contributed by atoms with Gasteiger partial charge in [-0.1, -0.05) is 62.9 Å². The minimum atomic E-state index is -1.29. The number of thioether (sulfide) groups is 1. The highest BCUT2D eigenvalue weighted by Crippen LogP contribution is 2.51. The Hall–Kier alpha value is -6.61. The van der Waals surface area contributed by atoms with Gasteiger partial charge >= 0.3 is 12.1 Å². The third-order valence-electron chi connectivity index (χ3n) is 12.7. The summed E-state index contributed by atoms with van der Waals surface area (Å²) in [7, 11) is 2.68. The molecule has 0 spiro atoms. The second-order valence-electron chi connectivity index (χ2n) is 18.9. The zero-order chi connectivity index (χ0) is 58.1. The molecule has 23 nitrogen and oxygen atoms in total. The van der Waals surface area contributed by atoms with Crippen LogP contribution in [0, 0.1) is 11.6 Å². The Bertz CT molecular complexity index is 2420. The van der Waals surface area contributed by atoms with Crippen molar-refractivity contribution in [3.63, 3.8) is 0 Å². The van der Waals surface area contributed by atoms with Crippen LogP contribution in [0.4, 0.5) is 18.4 Å². The van der Waals surface area contributed by atoms with Gasteiger partial charge in [-0.2, -0.15) is 10.1 Å². The molecule has 78 heavy (non-hydrogen) atoms. The Labute approximate surface area is 458 Å². The molecule has 0 fully saturated rings. The van der Waals surface area contributed by atoms with Crippen LogP contribution in [0.25, 0.3) is 0 Å². The summed E-state index contributed by atoms with van der Waals surface area (Å²) in [6.07, 6.45) is 0.377. The molecule has 3 rings (SSSR count). The van der Waals surface area contributed by atoms with Crippen LogP contribution in [0.1, 0.15) is 105 Å². The molecule has 3 unspecified atom stereocenters. The zero-order valence-corrected chi connectivity index (χ0v) is 46.8. The lowest BCUT2D eigenvalue weighted by molar-refractivity contribution is -0.132. The van der Waals surface area contributed by atoms with Crippen LogP contribution in [0.3, 0.4) is 0 Å². The second-order valence-corrected chi connectivity index (χ2v) is 20.1. The number of rotatable bonds is 34. The first kappa shape index (κ1) is 65.7. The van der Waals surface area contributed by atoms with Gasteiger partial charge in [-0.15, -0.1) is 0 Å². The molecule has 0 aromatic heterocycles. The number of hydroxylamine groups is 2. The number of ketones is 2. The van der Waals surface area contributed by atoms with Crippen molar-refractivity contribution in [1.29, 1.82) is 0 Å². The van der Waals surface area contributed by atoms with Crippen molar-refractivity contribution in [2.45, 2.75) is 121 Å². The van der Waals surface area contributed by atoms with Crippen LogP contribution in [-0.2, 0) is 52.7 Å². The largest absolute Gasteiger partial charge is 0.447 e. The molecule has 8 amide bonds. The van der Waals surface area contributed by atoms with Gasteiger partial charge in [0.2, 0.25) is 29.5 Å². The average molecular weight is 1120 g/mol. The van der Waals surface area contributed by atoms with Crippen LogP contribution in [0.2, 0.25) is 0 Å². The summed E-state index contributed by atoms with van der Waals surface area (Å²) in [5.41, 5.74) is -1.84. The van der Waals surface area contributed by atoms with Crippen molar-refractivity contribution in [2.75, 3.05) is 73.2 Å². The van der Waals surface area contributed by atoms with Gasteiger partial charge in [-0.25, -0.2) is 23.4 Å². The molecule has 432 valence electrons. The molecule has 2 aromatic carbocycles. The SMILES string of the molecule is CCC(=O)NCCC(=O)C(C)(CC)NCC(=O)C(C)(CC)NC(COC(=O)NCCC(=O)NCCNC(=O)COCC(=O)NCCC[C@@]1(c2ccccc2)SC(c2cc(F)ccc2F)=NN1C(=O)N(C)OC)C(=O)NC(C)C. The van der Waals surface area contributed by atoms with Gasteiger partial charge in [0.05, 0.1) is 24.7 Å². The summed E-state index contributed by atoms with van der Waals surface area (Å²) < 4.78 is 39.9. The summed E-state index contributed by atoms with van der Waals surface area (Å²) in [4.78, 5) is 119. The van der Waals surface area contributed by atoms with E-state index in [1.54, 1.807) is 78.8 Å². The Balaban J connectivity index is 1.40. The Morgan fingerprint density at radius 2 is 1.38 bits per heavy atom. The zero-order valence-electron chi connectivity index (χ0n) is 46.0. The average Bonchev–Trinajstić information content (AvgIpc) is 3.86. The number of hydrogen-bond acceptors (Lipinski definition) is 16. The van der Waals surface area contributed by atoms with E-state index in [0.717, 1.165) is 40.0 Å². The fourth-order valence-corrected chi connectivity index (χ4v) is 8.98. The molecule has 0 radical (unpaired) electrons. The summed E-state index contributed by atoms with van der Waals surface area (Å²) in [6, 6.07) is 9.69. The quantitative estimate of drug-likeness (QED) is 0.0369. The third-order valence-corrected chi connectivity index (χ3v) is 14.1. The normalized spacial score (nSPS) is 15.9. The fourth-order valence-electron chi connectivity index (χ4n) is 7.57. The van der Waals surface area contributed by atoms with Crippen LogP contribution >= 0.6 is 11.8 Å². The number of ether oxygens (including phenoxy) is 2. The molecule has 0 aliphatic carbocycles. The van der Waals surface area contributed by atoms with E-state index in [9.17, 15) is 51.9 Å². The molecule has 0 saturated carbocycles. The van der Waals surface area contributed by atoms with E-state index in [2.05, 4.69) is 47.6 Å². The number of carbonyl (C=O) groups is 9. The van der Waals surface area contributed by atoms with E-state index >= 15 is 0 Å². The molecule has 1 heterocycles. The molecule has 2 aromatic rings. The van der Waals surface area contributed by atoms with E-state index in [4.69, 9.17) is 14.3 Å². The summed E-state index contributed by atoms with van der Waals surface area (Å²) in [5, 5.41) is 28.5. The van der Waals surface area contributed by atoms with Crippen molar-refractivity contribution in [3.05, 3.63) is 71.3 Å². The van der Waals surface area contributed by atoms with Gasteiger partial charge in [0.25, 0.3) is 0 Å². The lowest BCUT2D eigenvalue weighted by atomic mass is 9.88. The highest BCUT2D eigenvalue weighted by molar-refractivity contribution is 8.15. The van der Waals surface area contributed by atoms with Gasteiger partial charge in [0, 0.05) is 70.6 Å². The summed E-state index contributed by atoms with van der Waals surface area (Å²) in [5.74, 6) is -4.20. The van der Waals surface area contributed by atoms with Gasteiger partial charge < -0.3 is 41.4 Å². The topological polar surface area (TPSA) is 296 Å². The van der Waals surface area contributed by atoms with Crippen LogP contribution in [0.15, 0.2) is 53.6 Å². The predicted octanol–water partition coefficient (Wildman–Crippen LogP) is 2.87. The third kappa shape index (κ3) is 20.3. The number of benzene rings is 2. The van der Waals surface area contributed by atoms with Crippen LogP contribution in [0.5, 0.6) is 0 Å². The van der Waals surface area contributed by atoms with Crippen molar-refractivity contribution < 1.29 is 66.2 Å². The van der Waals surface area contributed by atoms with Crippen molar-refractivity contribution in [3.8, 4) is 0 Å². The monoisotopic (exact) mass is 1120 g/mol. The highest BCUT2D eigenvalue weighted by Gasteiger charge is 2.50. The van der Waals surface area contributed by atoms with E-state index < -0.39 is 89.2 Å². The Morgan fingerprint density at radius 1 is 0.769 bits per heavy atom. The lowest BCUT2D eigenvalue weighted by Crippen LogP contribution is -2.62. The number of hydrogen-bond donors (Lipinski definition) is 8. The maximum absolute atomic E-state index is 15.0. The number of alkyl carbamates (subject to hydrolysis) is 1. The van der Waals surface area contributed by atoms with Crippen LogP contribution in [-0.4, -0.2) is 165 Å². The maximum atomic E-state index is 15.0. The molecule has 4 atom stereocenters. The molecule has 8 N–H and O–H groups in total. The van der Waals surface area contributed by atoms with Crippen molar-refractivity contribution in [2.24, 2.45) is 5.10 Å². The first-order valence-corrected chi connectivity index (χ1v) is 26.6. The number of amides is 8. The summed E-state index contributed by atoms with van der Waals surface area (Å²) >= 11 is 1.06. The van der Waals surface area contributed by atoms with Crippen molar-refractivity contribution in [1.82, 2.24) is 52.6 Å². The molecular weight excluding hydrogens is 1040 g/mol. The van der Waals surface area contributed by atoms with Crippen LogP contribution < -0.4 is 42.5 Å². The molecule has 0 bridgehead atoms. The van der Waals surface area contributed by atoms with Gasteiger partial charge in [-0.3, -0.25) is 49.0 Å². The number of hydrazone groups is 1. The predicted molar refractivity (Wildman–Crippen MR) is 287 cm³/mol. The highest BCUT2D eigenvalue weighted by atomic mass is 32.2. The van der Waals surface area contributed by atoms with E-state index in [1.165, 1.54) is 14.2 Å². The number of halogens is 2. The second kappa shape index (κ2) is 32.3. The summed E-state index contributed by atoms with van der Waals surface area (Å²) in [6.45, 7) is 10.6. The number of carbonyl (C=O) groups excluding carboxylic acids is 9. The molecule has 1 aliphatic rings. The van der Waals surface area contributed by atoms with Gasteiger partial charge in [-0.05, 0) is 77.1 Å². The first-order valence-electron chi connectivity index (χ1n) is 25.8. The molecule has 26 heteroatoms. The molecular formula is C52H77F2N11O12S. The maximum Gasteiger partial charge on any atom is 0.407 e. The molecule has 1 aliphatic heterocycles. The van der Waals surface area contributed by atoms with Gasteiger partial charge in [0.15, 0.2) is 11.6 Å². The smallest absolute Gasteiger partial charge is 0.407 e. The fraction of sp³-hybridized carbons (Fsp3) is 0.577. The first-order chi connectivity index (χ1) is 37.0. The molecule has 0 saturated heterocycles.